The molecular weight excluding hydrogens is 490 g/mol. The molecule has 0 spiro atoms. The summed E-state index contributed by atoms with van der Waals surface area (Å²) in [5.74, 6) is 0.194. The third kappa shape index (κ3) is 7.05. The van der Waals surface area contributed by atoms with Gasteiger partial charge in [0, 0.05) is 51.2 Å². The van der Waals surface area contributed by atoms with Gasteiger partial charge in [-0.15, -0.1) is 0 Å². The number of carbonyl (C=O) groups excluding carboxylic acids is 2. The van der Waals surface area contributed by atoms with E-state index in [2.05, 4.69) is 10.0 Å². The van der Waals surface area contributed by atoms with Crippen LogP contribution in [-0.4, -0.2) is 83.2 Å². The molecule has 0 N–H and O–H groups in total. The summed E-state index contributed by atoms with van der Waals surface area (Å²) in [6.07, 6.45) is 2.26. The van der Waals surface area contributed by atoms with E-state index in [4.69, 9.17) is 9.15 Å². The SMILES string of the molecule is CC(C)(C)CC(=O)N(CCN1CCOCC1)CC(=O)N1N=C(c2ccc([N+](=O)[O-])cc2)C[C@@H]1c1ccco1. The highest BCUT2D eigenvalue weighted by molar-refractivity contribution is 6.03. The topological polar surface area (TPSA) is 122 Å². The summed E-state index contributed by atoms with van der Waals surface area (Å²) in [7, 11) is 0. The summed E-state index contributed by atoms with van der Waals surface area (Å²) in [4.78, 5) is 41.4. The van der Waals surface area contributed by atoms with Crippen LogP contribution in [0, 0.1) is 15.5 Å². The lowest BCUT2D eigenvalue weighted by Crippen LogP contribution is -2.47. The van der Waals surface area contributed by atoms with E-state index < -0.39 is 11.0 Å². The minimum Gasteiger partial charge on any atom is -0.467 e. The average Bonchev–Trinajstić information content (AvgIpc) is 3.56. The highest BCUT2D eigenvalue weighted by Gasteiger charge is 2.36. The van der Waals surface area contributed by atoms with Gasteiger partial charge in [-0.1, -0.05) is 20.8 Å². The molecule has 11 nitrogen and oxygen atoms in total. The number of nitro groups is 1. The minimum atomic E-state index is -0.471. The number of ether oxygens (including phenoxy) is 1. The van der Waals surface area contributed by atoms with Gasteiger partial charge in [-0.25, -0.2) is 5.01 Å². The minimum absolute atomic E-state index is 0.0175. The molecule has 0 bridgehead atoms. The van der Waals surface area contributed by atoms with Crippen LogP contribution in [0.3, 0.4) is 0 Å². The molecule has 0 aliphatic carbocycles. The van der Waals surface area contributed by atoms with Gasteiger partial charge >= 0.3 is 0 Å². The van der Waals surface area contributed by atoms with Gasteiger partial charge in [0.1, 0.15) is 18.3 Å². The monoisotopic (exact) mass is 525 g/mol. The molecule has 1 atom stereocenters. The molecule has 11 heteroatoms. The van der Waals surface area contributed by atoms with Gasteiger partial charge in [0.2, 0.25) is 5.91 Å². The Morgan fingerprint density at radius 1 is 1.16 bits per heavy atom. The van der Waals surface area contributed by atoms with E-state index in [0.717, 1.165) is 13.1 Å². The molecule has 38 heavy (non-hydrogen) atoms. The third-order valence-electron chi connectivity index (χ3n) is 6.60. The first-order valence-corrected chi connectivity index (χ1v) is 12.9. The Hall–Kier alpha value is -3.57. The van der Waals surface area contributed by atoms with Crippen LogP contribution >= 0.6 is 0 Å². The first kappa shape index (κ1) is 27.5. The second-order valence-electron chi connectivity index (χ2n) is 10.8. The second kappa shape index (κ2) is 11.9. The van der Waals surface area contributed by atoms with E-state index in [1.807, 2.05) is 20.8 Å². The van der Waals surface area contributed by atoms with Crippen molar-refractivity contribution in [3.8, 4) is 0 Å². The molecule has 2 aromatic rings. The normalized spacial score (nSPS) is 18.3. The molecule has 3 heterocycles. The molecular formula is C27H35N5O6. The Labute approximate surface area is 222 Å². The molecule has 0 saturated carbocycles. The Kier molecular flexibility index (Phi) is 8.58. The van der Waals surface area contributed by atoms with Crippen LogP contribution in [0.4, 0.5) is 5.69 Å². The number of hydrogen-bond donors (Lipinski definition) is 0. The summed E-state index contributed by atoms with van der Waals surface area (Å²) in [5, 5.41) is 17.1. The highest BCUT2D eigenvalue weighted by Crippen LogP contribution is 2.33. The summed E-state index contributed by atoms with van der Waals surface area (Å²) in [6, 6.07) is 9.17. The van der Waals surface area contributed by atoms with Crippen molar-refractivity contribution in [2.75, 3.05) is 45.9 Å². The fourth-order valence-corrected chi connectivity index (χ4v) is 4.57. The number of amides is 2. The van der Waals surface area contributed by atoms with Crippen molar-refractivity contribution >= 4 is 23.2 Å². The Morgan fingerprint density at radius 2 is 1.87 bits per heavy atom. The fourth-order valence-electron chi connectivity index (χ4n) is 4.57. The first-order valence-electron chi connectivity index (χ1n) is 12.9. The summed E-state index contributed by atoms with van der Waals surface area (Å²) in [5.41, 5.74) is 1.07. The van der Waals surface area contributed by atoms with E-state index in [-0.39, 0.29) is 29.5 Å². The van der Waals surface area contributed by atoms with Crippen LogP contribution in [0.2, 0.25) is 0 Å². The Bertz CT molecular complexity index is 1150. The highest BCUT2D eigenvalue weighted by atomic mass is 16.6. The molecule has 1 fully saturated rings. The van der Waals surface area contributed by atoms with Crippen molar-refractivity contribution in [2.45, 2.75) is 39.7 Å². The van der Waals surface area contributed by atoms with Crippen molar-refractivity contribution in [1.82, 2.24) is 14.8 Å². The van der Waals surface area contributed by atoms with Gasteiger partial charge in [0.25, 0.3) is 11.6 Å². The third-order valence-corrected chi connectivity index (χ3v) is 6.60. The van der Waals surface area contributed by atoms with Gasteiger partial charge in [-0.3, -0.25) is 24.6 Å². The van der Waals surface area contributed by atoms with Gasteiger partial charge in [0.15, 0.2) is 0 Å². The second-order valence-corrected chi connectivity index (χ2v) is 10.8. The first-order chi connectivity index (χ1) is 18.1. The van der Waals surface area contributed by atoms with E-state index in [9.17, 15) is 19.7 Å². The summed E-state index contributed by atoms with van der Waals surface area (Å²) in [6.45, 7) is 9.90. The van der Waals surface area contributed by atoms with Gasteiger partial charge in [0.05, 0.1) is 30.1 Å². The maximum Gasteiger partial charge on any atom is 0.269 e. The number of hydrogen-bond acceptors (Lipinski definition) is 8. The Balaban J connectivity index is 1.54. The summed E-state index contributed by atoms with van der Waals surface area (Å²) < 4.78 is 11.0. The van der Waals surface area contributed by atoms with E-state index in [0.29, 0.717) is 56.2 Å². The van der Waals surface area contributed by atoms with E-state index >= 15 is 0 Å². The quantitative estimate of drug-likeness (QED) is 0.363. The molecule has 1 saturated heterocycles. The number of non-ortho nitro benzene ring substituents is 1. The van der Waals surface area contributed by atoms with Gasteiger partial charge in [-0.05, 0) is 35.2 Å². The molecule has 204 valence electrons. The number of carbonyl (C=O) groups is 2. The standard InChI is InChI=1S/C27H35N5O6/c1-27(2,3)18-25(33)30(11-10-29-12-15-37-16-13-29)19-26(34)31-23(24-5-4-14-38-24)17-22(28-31)20-6-8-21(9-7-20)32(35)36/h4-9,14,23H,10-13,15-19H2,1-3H3/t23-/m1/s1. The largest absolute Gasteiger partial charge is 0.467 e. The zero-order valence-electron chi connectivity index (χ0n) is 22.2. The molecule has 2 amide bonds. The van der Waals surface area contributed by atoms with Crippen LogP contribution in [-0.2, 0) is 14.3 Å². The van der Waals surface area contributed by atoms with E-state index in [1.165, 1.54) is 17.1 Å². The number of hydrazone groups is 1. The predicted molar refractivity (Wildman–Crippen MR) is 140 cm³/mol. The van der Waals surface area contributed by atoms with Crippen LogP contribution in [0.1, 0.15) is 51.0 Å². The van der Waals surface area contributed by atoms with Crippen molar-refractivity contribution in [1.29, 1.82) is 0 Å². The lowest BCUT2D eigenvalue weighted by molar-refractivity contribution is -0.384. The number of benzene rings is 1. The van der Waals surface area contributed by atoms with Crippen LogP contribution in [0.25, 0.3) is 0 Å². The smallest absolute Gasteiger partial charge is 0.269 e. The molecule has 4 rings (SSSR count). The van der Waals surface area contributed by atoms with Crippen LogP contribution in [0.15, 0.2) is 52.2 Å². The number of morpholine rings is 1. The van der Waals surface area contributed by atoms with Crippen LogP contribution in [0.5, 0.6) is 0 Å². The lowest BCUT2D eigenvalue weighted by Gasteiger charge is -2.32. The zero-order valence-corrected chi connectivity index (χ0v) is 22.2. The van der Waals surface area contributed by atoms with Crippen molar-refractivity contribution in [3.05, 3.63) is 64.1 Å². The summed E-state index contributed by atoms with van der Waals surface area (Å²) >= 11 is 0. The maximum atomic E-state index is 13.7. The van der Waals surface area contributed by atoms with Gasteiger partial charge < -0.3 is 14.1 Å². The molecule has 2 aliphatic heterocycles. The molecule has 2 aliphatic rings. The number of nitro benzene ring substituents is 1. The van der Waals surface area contributed by atoms with Gasteiger partial charge in [-0.2, -0.15) is 5.10 Å². The molecule has 1 aromatic carbocycles. The average molecular weight is 526 g/mol. The maximum absolute atomic E-state index is 13.7. The molecule has 0 radical (unpaired) electrons. The van der Waals surface area contributed by atoms with Crippen LogP contribution < -0.4 is 0 Å². The zero-order chi connectivity index (χ0) is 27.3. The predicted octanol–water partition coefficient (Wildman–Crippen LogP) is 3.46. The fraction of sp³-hybridized carbons (Fsp3) is 0.519. The number of rotatable bonds is 9. The number of furan rings is 1. The molecule has 0 unspecified atom stereocenters. The molecule has 1 aromatic heterocycles. The Morgan fingerprint density at radius 3 is 2.47 bits per heavy atom. The van der Waals surface area contributed by atoms with Crippen molar-refractivity contribution in [3.63, 3.8) is 0 Å². The number of nitrogens with zero attached hydrogens (tertiary/aromatic N) is 5. The van der Waals surface area contributed by atoms with Crippen molar-refractivity contribution < 1.29 is 23.7 Å². The van der Waals surface area contributed by atoms with Crippen molar-refractivity contribution in [2.24, 2.45) is 10.5 Å². The van der Waals surface area contributed by atoms with E-state index in [1.54, 1.807) is 35.4 Å². The lowest BCUT2D eigenvalue weighted by atomic mass is 9.91.